The zero-order chi connectivity index (χ0) is 61.2. The lowest BCUT2D eigenvalue weighted by Gasteiger charge is -2.36. The minimum Gasteiger partial charge on any atom is -0.398 e. The van der Waals surface area contributed by atoms with Crippen molar-refractivity contribution >= 4 is 80.3 Å². The van der Waals surface area contributed by atoms with Crippen molar-refractivity contribution in [3.8, 4) is 0 Å². The van der Waals surface area contributed by atoms with Crippen LogP contribution in [0.3, 0.4) is 0 Å². The molecule has 14 N–H and O–H groups in total. The van der Waals surface area contributed by atoms with E-state index in [0.29, 0.717) is 0 Å². The molecule has 0 fully saturated rings. The van der Waals surface area contributed by atoms with Crippen LogP contribution in [0.1, 0.15) is 25.7 Å². The molecule has 476 valence electrons. The van der Waals surface area contributed by atoms with E-state index in [1.165, 1.54) is 52.5 Å². The molecule has 0 radical (unpaired) electrons. The van der Waals surface area contributed by atoms with E-state index in [1.807, 2.05) is 0 Å². The van der Waals surface area contributed by atoms with Gasteiger partial charge in [-0.25, -0.2) is 0 Å². The molecule has 45 heteroatoms. The topological polar surface area (TPSA) is 500 Å². The molecule has 0 saturated carbocycles. The lowest BCUT2D eigenvalue weighted by molar-refractivity contribution is -0.179. The zero-order valence-electron chi connectivity index (χ0n) is 45.8. The number of ether oxygens (including phenoxy) is 3. The third kappa shape index (κ3) is 41.0. The summed E-state index contributed by atoms with van der Waals surface area (Å²) in [5.41, 5.74) is 0. The molecule has 4 atom stereocenters. The van der Waals surface area contributed by atoms with Gasteiger partial charge in [-0.2, -0.15) is 0 Å². The van der Waals surface area contributed by atoms with Gasteiger partial charge in [0.15, 0.2) is 6.29 Å². The van der Waals surface area contributed by atoms with Gasteiger partial charge in [-0.05, 0) is 77.0 Å². The lowest BCUT2D eigenvalue weighted by atomic mass is 10.3. The SMILES string of the molecule is CO[Si](C)(CCCN(CP(=O)(O)O)CP(=O)(O)O)O[Si](CCCN(CC(O)COCCOCOC(O)CN(CCC[Si](OC)(OC)O[Si](C)(CCCN(CP(=O)(O)O)CP(=O)(O)O)OC)CP(=O)(O)O)CP(=O)(O)O)(OC)OC. The highest BCUT2D eigenvalue weighted by atomic mass is 31.2. The predicted octanol–water partition coefficient (Wildman–Crippen LogP) is -0.814. The first kappa shape index (κ1) is 80.1. The second kappa shape index (κ2) is 37.1. The van der Waals surface area contributed by atoms with Gasteiger partial charge in [0.05, 0.1) is 32.5 Å². The Kier molecular flexibility index (Phi) is 37.6. The Morgan fingerprint density at radius 2 is 0.696 bits per heavy atom. The average molecular weight is 1350 g/mol. The van der Waals surface area contributed by atoms with Crippen molar-refractivity contribution < 1.29 is 145 Å². The van der Waals surface area contributed by atoms with Crippen LogP contribution in [-0.4, -0.2) is 282 Å². The van der Waals surface area contributed by atoms with Gasteiger partial charge in [-0.1, -0.05) is 0 Å². The van der Waals surface area contributed by atoms with Gasteiger partial charge in [0.2, 0.25) is 0 Å². The van der Waals surface area contributed by atoms with Gasteiger partial charge in [0.25, 0.3) is 0 Å². The van der Waals surface area contributed by atoms with Crippen LogP contribution in [0.15, 0.2) is 0 Å². The molecule has 0 aromatic heterocycles. The molecule has 0 saturated heterocycles. The van der Waals surface area contributed by atoms with Crippen LogP contribution in [0.4, 0.5) is 0 Å². The summed E-state index contributed by atoms with van der Waals surface area (Å²) < 4.78 is 133. The summed E-state index contributed by atoms with van der Waals surface area (Å²) in [7, 11) is -33.4. The highest BCUT2D eigenvalue weighted by Gasteiger charge is 2.49. The first-order valence-corrected chi connectivity index (χ1v) is 43.7. The zero-order valence-corrected chi connectivity index (χ0v) is 55.2. The second-order valence-electron chi connectivity index (χ2n) is 18.6. The average Bonchev–Trinajstić information content (AvgIpc) is 3.27. The number of hydrogen-bond acceptors (Lipinski definition) is 23. The number of aliphatic hydroxyl groups is 2. The summed E-state index contributed by atoms with van der Waals surface area (Å²) in [6.07, 6.45) is -7.24. The molecule has 0 heterocycles. The number of aliphatic hydroxyl groups excluding tert-OH is 2. The van der Waals surface area contributed by atoms with E-state index < -0.39 is 137 Å². The van der Waals surface area contributed by atoms with Crippen molar-refractivity contribution in [2.45, 2.75) is 75.3 Å². The summed E-state index contributed by atoms with van der Waals surface area (Å²) in [5.74, 6) is 0. The first-order chi connectivity index (χ1) is 36.0. The van der Waals surface area contributed by atoms with Crippen LogP contribution in [0, 0.1) is 0 Å². The van der Waals surface area contributed by atoms with Crippen molar-refractivity contribution in [3.05, 3.63) is 0 Å². The summed E-state index contributed by atoms with van der Waals surface area (Å²) in [5, 5.41) is 21.3. The number of rotatable bonds is 50. The molecule has 0 aliphatic carbocycles. The van der Waals surface area contributed by atoms with E-state index >= 15 is 0 Å². The molecule has 35 nitrogen and oxygen atoms in total. The van der Waals surface area contributed by atoms with Crippen molar-refractivity contribution in [1.29, 1.82) is 0 Å². The fourth-order valence-corrected chi connectivity index (χ4v) is 25.9. The Balaban J connectivity index is 5.32. The molecule has 0 aliphatic heterocycles. The smallest absolute Gasteiger partial charge is 0.398 e. The van der Waals surface area contributed by atoms with E-state index in [-0.39, 0.29) is 109 Å². The van der Waals surface area contributed by atoms with Crippen LogP contribution in [0.5, 0.6) is 0 Å². The van der Waals surface area contributed by atoms with Crippen molar-refractivity contribution in [3.63, 3.8) is 0 Å². The normalized spacial score (nSPS) is 16.3. The fourth-order valence-electron chi connectivity index (χ4n) is 7.70. The second-order valence-corrected chi connectivity index (χ2v) is 41.7. The van der Waals surface area contributed by atoms with Crippen LogP contribution >= 0.6 is 45.6 Å². The molecular formula is C34H88N4O31P6Si4. The first-order valence-electron chi connectivity index (χ1n) is 24.0. The third-order valence-electron chi connectivity index (χ3n) is 11.2. The highest BCUT2D eigenvalue weighted by molar-refractivity contribution is 7.53. The Labute approximate surface area is 465 Å². The van der Waals surface area contributed by atoms with Crippen molar-refractivity contribution in [2.24, 2.45) is 0 Å². The van der Waals surface area contributed by atoms with E-state index in [4.69, 9.17) is 49.0 Å². The molecule has 4 unspecified atom stereocenters. The maximum absolute atomic E-state index is 12.0. The molecule has 0 spiro atoms. The minimum atomic E-state index is -4.67. The maximum Gasteiger partial charge on any atom is 0.491 e. The summed E-state index contributed by atoms with van der Waals surface area (Å²) >= 11 is 0. The number of hydrogen-bond donors (Lipinski definition) is 14. The van der Waals surface area contributed by atoms with Crippen LogP contribution < -0.4 is 0 Å². The molecular weight excluding hydrogens is 1260 g/mol. The van der Waals surface area contributed by atoms with E-state index in [2.05, 4.69) is 0 Å². The molecule has 0 aromatic carbocycles. The Morgan fingerprint density at radius 3 is 1.01 bits per heavy atom. The Hall–Kier alpha value is 1.09. The highest BCUT2D eigenvalue weighted by Crippen LogP contribution is 2.43. The Morgan fingerprint density at radius 1 is 0.405 bits per heavy atom. The van der Waals surface area contributed by atoms with Gasteiger partial charge < -0.3 is 118 Å². The summed E-state index contributed by atoms with van der Waals surface area (Å²) in [6, 6.07) is 0.564. The molecule has 0 rings (SSSR count). The molecule has 0 amide bonds. The third-order valence-corrected chi connectivity index (χ3v) is 30.4. The molecule has 79 heavy (non-hydrogen) atoms. The van der Waals surface area contributed by atoms with Crippen LogP contribution in [0.25, 0.3) is 0 Å². The summed E-state index contributed by atoms with van der Waals surface area (Å²) in [6.45, 7) is 1.43. The van der Waals surface area contributed by atoms with Gasteiger partial charge >= 0.3 is 80.3 Å². The fraction of sp³-hybridized carbons (Fsp3) is 1.00. The molecule has 0 bridgehead atoms. The van der Waals surface area contributed by atoms with Gasteiger partial charge in [0, 0.05) is 61.3 Å². The molecule has 0 aromatic rings. The quantitative estimate of drug-likeness (QED) is 0.0153. The predicted molar refractivity (Wildman–Crippen MR) is 289 cm³/mol. The minimum absolute atomic E-state index is 0.0158. The number of nitrogens with zero attached hydrogens (tertiary/aromatic N) is 4. The van der Waals surface area contributed by atoms with Gasteiger partial charge in [-0.3, -0.25) is 47.0 Å². The van der Waals surface area contributed by atoms with E-state index in [9.17, 15) is 96.3 Å². The lowest BCUT2D eigenvalue weighted by Crippen LogP contribution is -2.55. The van der Waals surface area contributed by atoms with E-state index in [1.54, 1.807) is 13.1 Å². The van der Waals surface area contributed by atoms with Gasteiger partial charge in [0.1, 0.15) is 44.5 Å². The Bertz CT molecular complexity index is 1820. The maximum atomic E-state index is 12.0. The van der Waals surface area contributed by atoms with Crippen LogP contribution in [0.2, 0.25) is 37.3 Å². The standard InChI is InChI=1S/C34H88N4O31P6Si4/c1-59-76(7,19-9-15-37(28-72(47,48)49)29-73(50,51)52)68-78(61-3,62-4)21-11-13-35(26-70(41,42)43)23-33(39)25-65-17-18-66-32-67-34(40)24-36(27-71(44,45)46)14-12-22-79(63-5,64-6)69-77(8,60-2)20-10-16-38(30-74(53,54)55)31-75(56,57)58/h33-34,39-40H,9-32H2,1-8H3,(H2,41,42,43)(H2,44,45,46)(H2,47,48,49)(H2,50,51,52)(H2,53,54,55)(H2,56,57,58). The largest absolute Gasteiger partial charge is 0.491 e. The molecule has 0 aliphatic rings. The van der Waals surface area contributed by atoms with Crippen molar-refractivity contribution in [1.82, 2.24) is 19.6 Å². The van der Waals surface area contributed by atoms with Crippen molar-refractivity contribution in [2.75, 3.05) is 146 Å². The van der Waals surface area contributed by atoms with Crippen LogP contribution in [-0.2, 0) is 76.4 Å². The monoisotopic (exact) mass is 1350 g/mol. The van der Waals surface area contributed by atoms with Gasteiger partial charge in [-0.15, -0.1) is 0 Å². The van der Waals surface area contributed by atoms with E-state index in [0.717, 1.165) is 9.80 Å². The summed E-state index contributed by atoms with van der Waals surface area (Å²) in [4.78, 5) is 119.